The molecule has 1 aromatic carbocycles. The molecule has 0 saturated carbocycles. The standard InChI is InChI=1S/C11H12BrNO2/c1-15-9-3-2-7-4-5-13-10(14)6-8(7)11(9)12/h2-3H,4-6H2,1H3,(H,13,14). The number of rotatable bonds is 1. The first-order valence-corrected chi connectivity index (χ1v) is 5.62. The minimum Gasteiger partial charge on any atom is -0.496 e. The molecule has 0 aromatic heterocycles. The van der Waals surface area contributed by atoms with E-state index in [2.05, 4.69) is 21.2 Å². The summed E-state index contributed by atoms with van der Waals surface area (Å²) >= 11 is 3.48. The molecule has 0 saturated heterocycles. The van der Waals surface area contributed by atoms with Gasteiger partial charge < -0.3 is 10.1 Å². The molecule has 0 radical (unpaired) electrons. The van der Waals surface area contributed by atoms with Gasteiger partial charge in [-0.2, -0.15) is 0 Å². The molecule has 15 heavy (non-hydrogen) atoms. The average molecular weight is 270 g/mol. The molecule has 1 N–H and O–H groups in total. The maximum Gasteiger partial charge on any atom is 0.224 e. The zero-order chi connectivity index (χ0) is 10.8. The van der Waals surface area contributed by atoms with E-state index in [0.717, 1.165) is 22.2 Å². The predicted octanol–water partition coefficient (Wildman–Crippen LogP) is 1.67. The van der Waals surface area contributed by atoms with Gasteiger partial charge in [0.2, 0.25) is 5.91 Å². The molecule has 2 rings (SSSR count). The second kappa shape index (κ2) is 4.23. The van der Waals surface area contributed by atoms with Gasteiger partial charge in [-0.25, -0.2) is 0 Å². The first kappa shape index (κ1) is 10.5. The van der Waals surface area contributed by atoms with Crippen molar-refractivity contribution in [2.75, 3.05) is 13.7 Å². The molecule has 0 spiro atoms. The van der Waals surface area contributed by atoms with Crippen molar-refractivity contribution in [3.05, 3.63) is 27.7 Å². The van der Waals surface area contributed by atoms with E-state index >= 15 is 0 Å². The lowest BCUT2D eigenvalue weighted by molar-refractivity contribution is -0.120. The lowest BCUT2D eigenvalue weighted by Crippen LogP contribution is -2.24. The van der Waals surface area contributed by atoms with Crippen LogP contribution in [0.15, 0.2) is 16.6 Å². The first-order valence-electron chi connectivity index (χ1n) is 4.83. The second-order valence-electron chi connectivity index (χ2n) is 3.50. The molecule has 0 unspecified atom stereocenters. The van der Waals surface area contributed by atoms with Crippen molar-refractivity contribution in [3.8, 4) is 5.75 Å². The van der Waals surface area contributed by atoms with E-state index in [-0.39, 0.29) is 5.91 Å². The number of nitrogens with one attached hydrogen (secondary N) is 1. The number of fused-ring (bicyclic) bond motifs is 1. The van der Waals surface area contributed by atoms with E-state index in [9.17, 15) is 4.79 Å². The highest BCUT2D eigenvalue weighted by atomic mass is 79.9. The third-order valence-corrected chi connectivity index (χ3v) is 3.45. The first-order chi connectivity index (χ1) is 7.22. The van der Waals surface area contributed by atoms with Crippen molar-refractivity contribution in [2.45, 2.75) is 12.8 Å². The van der Waals surface area contributed by atoms with Crippen LogP contribution >= 0.6 is 15.9 Å². The summed E-state index contributed by atoms with van der Waals surface area (Å²) in [5, 5.41) is 2.86. The third-order valence-electron chi connectivity index (χ3n) is 2.58. The molecule has 4 heteroatoms. The SMILES string of the molecule is COc1ccc2c(c1Br)CC(=O)NCC2. The van der Waals surface area contributed by atoms with Crippen LogP contribution in [0.3, 0.4) is 0 Å². The van der Waals surface area contributed by atoms with Gasteiger partial charge in [-0.15, -0.1) is 0 Å². The summed E-state index contributed by atoms with van der Waals surface area (Å²) in [6.07, 6.45) is 1.30. The summed E-state index contributed by atoms with van der Waals surface area (Å²) in [6, 6.07) is 3.96. The number of hydrogen-bond donors (Lipinski definition) is 1. The zero-order valence-corrected chi connectivity index (χ0v) is 10.1. The quantitative estimate of drug-likeness (QED) is 0.843. The van der Waals surface area contributed by atoms with E-state index in [1.165, 1.54) is 5.56 Å². The highest BCUT2D eigenvalue weighted by molar-refractivity contribution is 9.10. The van der Waals surface area contributed by atoms with Crippen LogP contribution in [0.5, 0.6) is 5.75 Å². The molecule has 0 atom stereocenters. The van der Waals surface area contributed by atoms with Crippen molar-refractivity contribution in [1.29, 1.82) is 0 Å². The van der Waals surface area contributed by atoms with Gasteiger partial charge in [-0.1, -0.05) is 6.07 Å². The Morgan fingerprint density at radius 1 is 1.47 bits per heavy atom. The molecule has 1 aliphatic heterocycles. The molecule has 0 fully saturated rings. The van der Waals surface area contributed by atoms with Crippen LogP contribution in [0.2, 0.25) is 0 Å². The number of hydrogen-bond acceptors (Lipinski definition) is 2. The number of carbonyl (C=O) groups excluding carboxylic acids is 1. The number of benzene rings is 1. The fourth-order valence-corrected chi connectivity index (χ4v) is 2.47. The second-order valence-corrected chi connectivity index (χ2v) is 4.29. The fraction of sp³-hybridized carbons (Fsp3) is 0.364. The fourth-order valence-electron chi connectivity index (χ4n) is 1.78. The molecule has 80 valence electrons. The van der Waals surface area contributed by atoms with Crippen molar-refractivity contribution in [3.63, 3.8) is 0 Å². The van der Waals surface area contributed by atoms with E-state index < -0.39 is 0 Å². The highest BCUT2D eigenvalue weighted by Crippen LogP contribution is 2.32. The number of amides is 1. The van der Waals surface area contributed by atoms with Crippen molar-refractivity contribution >= 4 is 21.8 Å². The molecule has 1 heterocycles. The van der Waals surface area contributed by atoms with E-state index in [1.54, 1.807) is 7.11 Å². The molecular weight excluding hydrogens is 258 g/mol. The lowest BCUT2D eigenvalue weighted by atomic mass is 10.0. The monoisotopic (exact) mass is 269 g/mol. The van der Waals surface area contributed by atoms with Crippen LogP contribution in [-0.4, -0.2) is 19.6 Å². The lowest BCUT2D eigenvalue weighted by Gasteiger charge is -2.10. The molecule has 1 amide bonds. The van der Waals surface area contributed by atoms with Crippen LogP contribution in [-0.2, 0) is 17.6 Å². The van der Waals surface area contributed by atoms with Crippen LogP contribution in [0, 0.1) is 0 Å². The number of ether oxygens (including phenoxy) is 1. The van der Waals surface area contributed by atoms with E-state index in [0.29, 0.717) is 13.0 Å². The third kappa shape index (κ3) is 2.00. The summed E-state index contributed by atoms with van der Waals surface area (Å²) in [7, 11) is 1.63. The van der Waals surface area contributed by atoms with Crippen LogP contribution in [0.25, 0.3) is 0 Å². The maximum absolute atomic E-state index is 11.4. The minimum absolute atomic E-state index is 0.0719. The Labute approximate surface area is 96.9 Å². The predicted molar refractivity (Wildman–Crippen MR) is 61.1 cm³/mol. The summed E-state index contributed by atoms with van der Waals surface area (Å²) in [5.41, 5.74) is 2.25. The molecule has 3 nitrogen and oxygen atoms in total. The van der Waals surface area contributed by atoms with E-state index in [1.807, 2.05) is 12.1 Å². The Morgan fingerprint density at radius 3 is 3.00 bits per heavy atom. The normalized spacial score (nSPS) is 15.2. The number of halogens is 1. The van der Waals surface area contributed by atoms with Gasteiger partial charge in [0.15, 0.2) is 0 Å². The zero-order valence-electron chi connectivity index (χ0n) is 8.47. The Kier molecular flexibility index (Phi) is 2.95. The molecule has 0 bridgehead atoms. The van der Waals surface area contributed by atoms with E-state index in [4.69, 9.17) is 4.74 Å². The maximum atomic E-state index is 11.4. The Bertz CT molecular complexity index is 404. The smallest absolute Gasteiger partial charge is 0.224 e. The Morgan fingerprint density at radius 2 is 2.27 bits per heavy atom. The van der Waals surface area contributed by atoms with Crippen molar-refractivity contribution in [1.82, 2.24) is 5.32 Å². The summed E-state index contributed by atoms with van der Waals surface area (Å²) in [6.45, 7) is 0.713. The number of methoxy groups -OCH3 is 1. The molecular formula is C11H12BrNO2. The van der Waals surface area contributed by atoms with Gasteiger partial charge >= 0.3 is 0 Å². The van der Waals surface area contributed by atoms with Crippen molar-refractivity contribution in [2.24, 2.45) is 0 Å². The Balaban J connectivity index is 2.49. The van der Waals surface area contributed by atoms with Crippen LogP contribution < -0.4 is 10.1 Å². The summed E-state index contributed by atoms with van der Waals surface area (Å²) < 4.78 is 6.11. The summed E-state index contributed by atoms with van der Waals surface area (Å²) in [5.74, 6) is 0.853. The van der Waals surface area contributed by atoms with Gasteiger partial charge in [-0.05, 0) is 39.5 Å². The van der Waals surface area contributed by atoms with Gasteiger partial charge in [0, 0.05) is 6.54 Å². The minimum atomic E-state index is 0.0719. The number of carbonyl (C=O) groups is 1. The highest BCUT2D eigenvalue weighted by Gasteiger charge is 2.17. The topological polar surface area (TPSA) is 38.3 Å². The van der Waals surface area contributed by atoms with Crippen LogP contribution in [0.1, 0.15) is 11.1 Å². The average Bonchev–Trinajstić information content (AvgIpc) is 2.41. The van der Waals surface area contributed by atoms with Gasteiger partial charge in [-0.3, -0.25) is 4.79 Å². The van der Waals surface area contributed by atoms with Gasteiger partial charge in [0.25, 0.3) is 0 Å². The van der Waals surface area contributed by atoms with Gasteiger partial charge in [0.1, 0.15) is 5.75 Å². The van der Waals surface area contributed by atoms with Gasteiger partial charge in [0.05, 0.1) is 18.0 Å². The molecule has 1 aromatic rings. The van der Waals surface area contributed by atoms with Crippen LogP contribution in [0.4, 0.5) is 0 Å². The van der Waals surface area contributed by atoms with Crippen molar-refractivity contribution < 1.29 is 9.53 Å². The Hall–Kier alpha value is -1.03. The summed E-state index contributed by atoms with van der Waals surface area (Å²) in [4.78, 5) is 11.4. The molecule has 0 aliphatic carbocycles. The largest absolute Gasteiger partial charge is 0.496 e. The molecule has 1 aliphatic rings.